The lowest BCUT2D eigenvalue weighted by molar-refractivity contribution is 0.0725. The van der Waals surface area contributed by atoms with Gasteiger partial charge < -0.3 is 19.4 Å². The number of rotatable bonds is 7. The zero-order valence-electron chi connectivity index (χ0n) is 19.2. The first kappa shape index (κ1) is 21.8. The summed E-state index contributed by atoms with van der Waals surface area (Å²) in [7, 11) is 0. The fraction of sp³-hybridized carbons (Fsp3) is 0.481. The van der Waals surface area contributed by atoms with Crippen molar-refractivity contribution in [3.63, 3.8) is 0 Å². The number of carbonyl (C=O) groups is 1. The van der Waals surface area contributed by atoms with Crippen molar-refractivity contribution in [3.8, 4) is 11.8 Å². The third kappa shape index (κ3) is 4.84. The number of anilines is 1. The molecule has 2 bridgehead atoms. The molecular weight excluding hydrogens is 412 g/mol. The van der Waals surface area contributed by atoms with Gasteiger partial charge in [-0.15, -0.1) is 0 Å². The summed E-state index contributed by atoms with van der Waals surface area (Å²) in [6, 6.07) is 18.1. The second-order valence-electron chi connectivity index (χ2n) is 9.44. The van der Waals surface area contributed by atoms with Crippen LogP contribution in [0.25, 0.3) is 0 Å². The molecule has 2 atom stereocenters. The van der Waals surface area contributed by atoms with E-state index in [0.29, 0.717) is 17.2 Å². The summed E-state index contributed by atoms with van der Waals surface area (Å²) in [6.45, 7) is 5.98. The molecule has 1 amide bonds. The highest BCUT2D eigenvalue weighted by atomic mass is 16.5. The third-order valence-electron chi connectivity index (χ3n) is 7.27. The summed E-state index contributed by atoms with van der Waals surface area (Å²) in [5.41, 5.74) is 2.44. The van der Waals surface area contributed by atoms with E-state index >= 15 is 0 Å². The Morgan fingerprint density at radius 2 is 1.73 bits per heavy atom. The van der Waals surface area contributed by atoms with Gasteiger partial charge in [-0.2, -0.15) is 5.26 Å². The van der Waals surface area contributed by atoms with Gasteiger partial charge in [-0.3, -0.25) is 4.79 Å². The van der Waals surface area contributed by atoms with E-state index in [1.54, 1.807) is 24.3 Å². The fourth-order valence-corrected chi connectivity index (χ4v) is 5.48. The Balaban J connectivity index is 1.10. The summed E-state index contributed by atoms with van der Waals surface area (Å²) >= 11 is 0. The molecule has 0 aliphatic carbocycles. The molecule has 6 heteroatoms. The molecule has 3 aliphatic heterocycles. The van der Waals surface area contributed by atoms with Crippen molar-refractivity contribution in [1.29, 1.82) is 5.26 Å². The number of nitrogens with zero attached hydrogens (tertiary/aromatic N) is 4. The van der Waals surface area contributed by atoms with Crippen LogP contribution in [0.3, 0.4) is 0 Å². The van der Waals surface area contributed by atoms with E-state index in [4.69, 9.17) is 10.00 Å². The van der Waals surface area contributed by atoms with Crippen molar-refractivity contribution in [1.82, 2.24) is 9.80 Å². The molecule has 172 valence electrons. The van der Waals surface area contributed by atoms with Crippen molar-refractivity contribution in [3.05, 3.63) is 59.7 Å². The van der Waals surface area contributed by atoms with Gasteiger partial charge >= 0.3 is 0 Å². The Morgan fingerprint density at radius 3 is 2.39 bits per heavy atom. The first-order valence-electron chi connectivity index (χ1n) is 12.2. The molecule has 33 heavy (non-hydrogen) atoms. The molecule has 0 radical (unpaired) electrons. The lowest BCUT2D eigenvalue weighted by Crippen LogP contribution is -2.48. The van der Waals surface area contributed by atoms with Crippen LogP contribution in [0.4, 0.5) is 5.69 Å². The maximum atomic E-state index is 13.0. The highest BCUT2D eigenvalue weighted by molar-refractivity contribution is 5.95. The molecule has 0 aromatic heterocycles. The first-order valence-corrected chi connectivity index (χ1v) is 12.2. The number of nitriles is 1. The molecule has 3 aliphatic rings. The zero-order valence-corrected chi connectivity index (χ0v) is 19.2. The van der Waals surface area contributed by atoms with E-state index in [9.17, 15) is 4.79 Å². The van der Waals surface area contributed by atoms with E-state index in [-0.39, 0.29) is 11.9 Å². The van der Waals surface area contributed by atoms with Gasteiger partial charge in [0, 0.05) is 36.9 Å². The fourth-order valence-electron chi connectivity index (χ4n) is 5.48. The van der Waals surface area contributed by atoms with Crippen LogP contribution in [0.5, 0.6) is 5.75 Å². The predicted molar refractivity (Wildman–Crippen MR) is 129 cm³/mol. The SMILES string of the molecule is N#Cc1ccc(C(=O)N2CC3CC2CN3c2ccc(OCCCN3CCCCC3)cc2)cc1. The number of piperidine rings is 1. The molecule has 2 aromatic carbocycles. The van der Waals surface area contributed by atoms with E-state index in [1.165, 1.54) is 38.0 Å². The Hall–Kier alpha value is -3.04. The monoisotopic (exact) mass is 444 g/mol. The maximum absolute atomic E-state index is 13.0. The van der Waals surface area contributed by atoms with Crippen LogP contribution in [0.1, 0.15) is 48.0 Å². The molecule has 6 nitrogen and oxygen atoms in total. The molecule has 5 rings (SSSR count). The number of ether oxygens (including phenoxy) is 1. The summed E-state index contributed by atoms with van der Waals surface area (Å²) in [5.74, 6) is 0.999. The van der Waals surface area contributed by atoms with Crippen molar-refractivity contribution >= 4 is 11.6 Å². The summed E-state index contributed by atoms with van der Waals surface area (Å²) in [4.78, 5) is 19.9. The summed E-state index contributed by atoms with van der Waals surface area (Å²) < 4.78 is 5.97. The predicted octanol–water partition coefficient (Wildman–Crippen LogP) is 3.92. The number of benzene rings is 2. The standard InChI is InChI=1S/C27H32N4O2/c28-18-21-5-7-22(8-6-21)27(32)31-20-24-17-25(31)19-30(24)23-9-11-26(12-10-23)33-16-4-15-29-13-2-1-3-14-29/h5-12,24-25H,1-4,13-17,19-20H2. The van der Waals surface area contributed by atoms with Gasteiger partial charge in [0.05, 0.1) is 24.3 Å². The summed E-state index contributed by atoms with van der Waals surface area (Å²) in [5, 5.41) is 8.96. The Morgan fingerprint density at radius 1 is 0.970 bits per heavy atom. The van der Waals surface area contributed by atoms with Gasteiger partial charge in [0.15, 0.2) is 0 Å². The summed E-state index contributed by atoms with van der Waals surface area (Å²) in [6.07, 6.45) is 6.13. The number of likely N-dealkylation sites (tertiary alicyclic amines) is 2. The van der Waals surface area contributed by atoms with Crippen LogP contribution in [-0.2, 0) is 0 Å². The minimum Gasteiger partial charge on any atom is -0.494 e. The van der Waals surface area contributed by atoms with Crippen molar-refractivity contribution < 1.29 is 9.53 Å². The van der Waals surface area contributed by atoms with E-state index in [2.05, 4.69) is 40.1 Å². The van der Waals surface area contributed by atoms with Crippen LogP contribution < -0.4 is 9.64 Å². The van der Waals surface area contributed by atoms with Gasteiger partial charge in [0.2, 0.25) is 0 Å². The van der Waals surface area contributed by atoms with E-state index in [1.807, 2.05) is 4.90 Å². The zero-order chi connectivity index (χ0) is 22.6. The molecule has 0 spiro atoms. The number of fused-ring (bicyclic) bond motifs is 2. The van der Waals surface area contributed by atoms with Crippen LogP contribution in [-0.4, -0.2) is 67.1 Å². The van der Waals surface area contributed by atoms with Gasteiger partial charge in [0.25, 0.3) is 5.91 Å². The molecular formula is C27H32N4O2. The first-order chi connectivity index (χ1) is 16.2. The number of hydrogen-bond donors (Lipinski definition) is 0. The minimum atomic E-state index is 0.0694. The molecule has 3 heterocycles. The van der Waals surface area contributed by atoms with E-state index < -0.39 is 0 Å². The lowest BCUT2D eigenvalue weighted by Gasteiger charge is -2.35. The second kappa shape index (κ2) is 9.84. The Labute approximate surface area is 196 Å². The normalized spacial score (nSPS) is 22.4. The molecule has 0 saturated carbocycles. The maximum Gasteiger partial charge on any atom is 0.254 e. The van der Waals surface area contributed by atoms with Crippen molar-refractivity contribution in [2.75, 3.05) is 44.2 Å². The van der Waals surface area contributed by atoms with Crippen LogP contribution in [0.15, 0.2) is 48.5 Å². The van der Waals surface area contributed by atoms with Crippen LogP contribution in [0.2, 0.25) is 0 Å². The number of hydrogen-bond acceptors (Lipinski definition) is 5. The largest absolute Gasteiger partial charge is 0.494 e. The second-order valence-corrected chi connectivity index (χ2v) is 9.44. The van der Waals surface area contributed by atoms with Crippen LogP contribution >= 0.6 is 0 Å². The highest BCUT2D eigenvalue weighted by Gasteiger charge is 2.45. The molecule has 3 saturated heterocycles. The van der Waals surface area contributed by atoms with Crippen LogP contribution in [0, 0.1) is 11.3 Å². The van der Waals surface area contributed by atoms with Gasteiger partial charge in [0.1, 0.15) is 5.75 Å². The lowest BCUT2D eigenvalue weighted by atomic mass is 10.1. The molecule has 2 aromatic rings. The van der Waals surface area contributed by atoms with Crippen molar-refractivity contribution in [2.24, 2.45) is 0 Å². The van der Waals surface area contributed by atoms with Gasteiger partial charge in [-0.25, -0.2) is 0 Å². The third-order valence-corrected chi connectivity index (χ3v) is 7.27. The molecule has 2 unspecified atom stereocenters. The Kier molecular flexibility index (Phi) is 6.50. The topological polar surface area (TPSA) is 59.8 Å². The Bertz CT molecular complexity index is 992. The van der Waals surface area contributed by atoms with Crippen molar-refractivity contribution in [2.45, 2.75) is 44.2 Å². The molecule has 0 N–H and O–H groups in total. The quantitative estimate of drug-likeness (QED) is 0.606. The smallest absolute Gasteiger partial charge is 0.254 e. The number of amides is 1. The average molecular weight is 445 g/mol. The van der Waals surface area contributed by atoms with Gasteiger partial charge in [-0.1, -0.05) is 6.42 Å². The highest BCUT2D eigenvalue weighted by Crippen LogP contribution is 2.36. The minimum absolute atomic E-state index is 0.0694. The van der Waals surface area contributed by atoms with E-state index in [0.717, 1.165) is 44.8 Å². The number of piperazine rings is 1. The average Bonchev–Trinajstić information content (AvgIpc) is 3.49. The number of carbonyl (C=O) groups excluding carboxylic acids is 1. The molecule has 3 fully saturated rings. The van der Waals surface area contributed by atoms with Gasteiger partial charge in [-0.05, 0) is 87.3 Å².